The zero-order chi connectivity index (χ0) is 26.5. The van der Waals surface area contributed by atoms with E-state index >= 15 is 0 Å². The molecule has 36 heavy (non-hydrogen) atoms. The number of hydrogen-bond donors (Lipinski definition) is 1. The van der Waals surface area contributed by atoms with Crippen LogP contribution in [0.1, 0.15) is 48.7 Å². The molecule has 0 saturated heterocycles. The smallest absolute Gasteiger partial charge is 0.438 e. The first-order chi connectivity index (χ1) is 17.2. The van der Waals surface area contributed by atoms with Crippen LogP contribution in [0.3, 0.4) is 0 Å². The lowest BCUT2D eigenvalue weighted by Gasteiger charge is -2.33. The lowest BCUT2D eigenvalue weighted by Crippen LogP contribution is -2.45. The van der Waals surface area contributed by atoms with E-state index < -0.39 is 23.9 Å². The standard InChI is InChI=1S/C27H32BrFN2O5/c1-19(2)18-31(26(33)20-11-7-6-8-12-20)24(22-17-21(29)13-14-23(22)28)25(32)30-15-9-4-5-10-16-36-27(34)35-3/h5-8,10-14,17,19,24H,4,9,15-16,18H2,1-3H3,(H,30,32)/b10-5+. The van der Waals surface area contributed by atoms with E-state index in [1.165, 1.54) is 30.2 Å². The normalized spacial score (nSPS) is 11.8. The number of hydrogen-bond acceptors (Lipinski definition) is 5. The van der Waals surface area contributed by atoms with E-state index in [1.807, 2.05) is 26.0 Å². The molecule has 0 fully saturated rings. The van der Waals surface area contributed by atoms with Crippen molar-refractivity contribution in [3.63, 3.8) is 0 Å². The molecule has 1 unspecified atom stereocenters. The quantitative estimate of drug-likeness (QED) is 0.205. The summed E-state index contributed by atoms with van der Waals surface area (Å²) >= 11 is 3.43. The number of allylic oxidation sites excluding steroid dienone is 1. The van der Waals surface area contributed by atoms with Crippen molar-refractivity contribution in [1.82, 2.24) is 10.2 Å². The van der Waals surface area contributed by atoms with Gasteiger partial charge in [0.1, 0.15) is 18.5 Å². The minimum atomic E-state index is -1.03. The number of carbonyl (C=O) groups is 3. The van der Waals surface area contributed by atoms with Gasteiger partial charge in [-0.05, 0) is 49.1 Å². The predicted molar refractivity (Wildman–Crippen MR) is 139 cm³/mol. The average Bonchev–Trinajstić information content (AvgIpc) is 2.86. The van der Waals surface area contributed by atoms with Crippen LogP contribution in [0, 0.1) is 11.7 Å². The molecule has 9 heteroatoms. The first-order valence-corrected chi connectivity index (χ1v) is 12.5. The van der Waals surface area contributed by atoms with E-state index in [0.29, 0.717) is 41.5 Å². The monoisotopic (exact) mass is 562 g/mol. The molecule has 1 atom stereocenters. The molecule has 2 amide bonds. The van der Waals surface area contributed by atoms with Crippen molar-refractivity contribution >= 4 is 33.9 Å². The molecular formula is C27H32BrFN2O5. The van der Waals surface area contributed by atoms with Crippen LogP contribution in [0.5, 0.6) is 0 Å². The molecule has 2 rings (SSSR count). The summed E-state index contributed by atoms with van der Waals surface area (Å²) in [6.07, 6.45) is 4.03. The van der Waals surface area contributed by atoms with Crippen molar-refractivity contribution < 1.29 is 28.2 Å². The molecule has 0 heterocycles. The fourth-order valence-corrected chi connectivity index (χ4v) is 3.97. The van der Waals surface area contributed by atoms with Crippen molar-refractivity contribution in [1.29, 1.82) is 0 Å². The number of amides is 2. The molecule has 7 nitrogen and oxygen atoms in total. The largest absolute Gasteiger partial charge is 0.508 e. The van der Waals surface area contributed by atoms with Gasteiger partial charge in [-0.25, -0.2) is 9.18 Å². The number of methoxy groups -OCH3 is 1. The molecule has 0 aliphatic rings. The average molecular weight is 563 g/mol. The first-order valence-electron chi connectivity index (χ1n) is 11.7. The van der Waals surface area contributed by atoms with Gasteiger partial charge in [-0.3, -0.25) is 9.59 Å². The summed E-state index contributed by atoms with van der Waals surface area (Å²) in [7, 11) is 1.24. The van der Waals surface area contributed by atoms with Gasteiger partial charge in [-0.2, -0.15) is 0 Å². The SMILES string of the molecule is COC(=O)OC/C=C/CCCNC(=O)C(c1cc(F)ccc1Br)N(CC(C)C)C(=O)c1ccccc1. The first kappa shape index (κ1) is 29.0. The fraction of sp³-hybridized carbons (Fsp3) is 0.370. The van der Waals surface area contributed by atoms with Crippen LogP contribution < -0.4 is 5.32 Å². The number of ether oxygens (including phenoxy) is 2. The Morgan fingerprint density at radius 2 is 1.83 bits per heavy atom. The van der Waals surface area contributed by atoms with Gasteiger partial charge >= 0.3 is 6.16 Å². The van der Waals surface area contributed by atoms with Crippen molar-refractivity contribution in [3.8, 4) is 0 Å². The van der Waals surface area contributed by atoms with Gasteiger partial charge in [0.2, 0.25) is 5.91 Å². The molecule has 2 aromatic rings. The van der Waals surface area contributed by atoms with Crippen LogP contribution in [0.4, 0.5) is 9.18 Å². The van der Waals surface area contributed by atoms with Gasteiger partial charge in [0.25, 0.3) is 5.91 Å². The summed E-state index contributed by atoms with van der Waals surface area (Å²) < 4.78 is 23.9. The second-order valence-electron chi connectivity index (χ2n) is 8.46. The van der Waals surface area contributed by atoms with Crippen LogP contribution >= 0.6 is 15.9 Å². The Morgan fingerprint density at radius 1 is 1.11 bits per heavy atom. The Kier molecular flexibility index (Phi) is 12.1. The molecule has 0 saturated carbocycles. The number of halogens is 2. The maximum absolute atomic E-state index is 14.2. The topological polar surface area (TPSA) is 84.9 Å². The molecule has 0 aliphatic carbocycles. The number of nitrogens with zero attached hydrogens (tertiary/aromatic N) is 1. The van der Waals surface area contributed by atoms with Crippen molar-refractivity contribution in [3.05, 3.63) is 82.1 Å². The minimum Gasteiger partial charge on any atom is -0.438 e. The Labute approximate surface area is 219 Å². The van der Waals surface area contributed by atoms with Gasteiger partial charge in [0.05, 0.1) is 7.11 Å². The third-order valence-corrected chi connectivity index (χ3v) is 5.86. The summed E-state index contributed by atoms with van der Waals surface area (Å²) in [4.78, 5) is 39.4. The van der Waals surface area contributed by atoms with Crippen LogP contribution in [-0.4, -0.2) is 49.7 Å². The van der Waals surface area contributed by atoms with Crippen LogP contribution in [0.15, 0.2) is 65.2 Å². The zero-order valence-corrected chi connectivity index (χ0v) is 22.3. The highest BCUT2D eigenvalue weighted by atomic mass is 79.9. The van der Waals surface area contributed by atoms with Gasteiger partial charge in [0.15, 0.2) is 0 Å². The summed E-state index contributed by atoms with van der Waals surface area (Å²) in [6, 6.07) is 11.8. The third kappa shape index (κ3) is 9.11. The predicted octanol–water partition coefficient (Wildman–Crippen LogP) is 5.66. The van der Waals surface area contributed by atoms with Crippen LogP contribution in [0.2, 0.25) is 0 Å². The van der Waals surface area contributed by atoms with Gasteiger partial charge in [0, 0.05) is 28.7 Å². The Hall–Kier alpha value is -3.20. The number of nitrogens with one attached hydrogen (secondary N) is 1. The van der Waals surface area contributed by atoms with E-state index in [0.717, 1.165) is 0 Å². The van der Waals surface area contributed by atoms with Gasteiger partial charge in [-0.1, -0.05) is 60.1 Å². The fourth-order valence-electron chi connectivity index (χ4n) is 3.51. The maximum Gasteiger partial charge on any atom is 0.508 e. The summed E-state index contributed by atoms with van der Waals surface area (Å²) in [6.45, 7) is 4.66. The van der Waals surface area contributed by atoms with E-state index in [4.69, 9.17) is 4.74 Å². The third-order valence-electron chi connectivity index (χ3n) is 5.13. The van der Waals surface area contributed by atoms with Crippen LogP contribution in [0.25, 0.3) is 0 Å². The number of rotatable bonds is 12. The van der Waals surface area contributed by atoms with E-state index in [9.17, 15) is 18.8 Å². The molecule has 1 N–H and O–H groups in total. The van der Waals surface area contributed by atoms with Crippen molar-refractivity contribution in [2.75, 3.05) is 26.8 Å². The van der Waals surface area contributed by atoms with Gasteiger partial charge < -0.3 is 19.7 Å². The number of benzene rings is 2. The summed E-state index contributed by atoms with van der Waals surface area (Å²) in [5.41, 5.74) is 0.820. The second kappa shape index (κ2) is 15.0. The Morgan fingerprint density at radius 3 is 2.50 bits per heavy atom. The number of unbranched alkanes of at least 4 members (excludes halogenated alkanes) is 1. The van der Waals surface area contributed by atoms with Crippen molar-refractivity contribution in [2.24, 2.45) is 5.92 Å². The molecule has 0 aliphatic heterocycles. The summed E-state index contributed by atoms with van der Waals surface area (Å²) in [5, 5.41) is 2.89. The zero-order valence-electron chi connectivity index (χ0n) is 20.7. The Bertz CT molecular complexity index is 1050. The lowest BCUT2D eigenvalue weighted by molar-refractivity contribution is -0.126. The van der Waals surface area contributed by atoms with Crippen molar-refractivity contribution in [2.45, 2.75) is 32.7 Å². The highest BCUT2D eigenvalue weighted by molar-refractivity contribution is 9.10. The van der Waals surface area contributed by atoms with E-state index in [-0.39, 0.29) is 18.4 Å². The van der Waals surface area contributed by atoms with Gasteiger partial charge in [-0.15, -0.1) is 0 Å². The Balaban J connectivity index is 2.20. The lowest BCUT2D eigenvalue weighted by atomic mass is 10.0. The molecule has 0 radical (unpaired) electrons. The molecule has 0 bridgehead atoms. The summed E-state index contributed by atoms with van der Waals surface area (Å²) in [5.74, 6) is -1.14. The molecule has 0 spiro atoms. The van der Waals surface area contributed by atoms with Crippen LogP contribution in [-0.2, 0) is 14.3 Å². The number of carbonyl (C=O) groups excluding carboxylic acids is 3. The second-order valence-corrected chi connectivity index (χ2v) is 9.31. The van der Waals surface area contributed by atoms with E-state index in [1.54, 1.807) is 30.3 Å². The molecule has 194 valence electrons. The molecule has 2 aromatic carbocycles. The highest BCUT2D eigenvalue weighted by Crippen LogP contribution is 2.31. The molecular weight excluding hydrogens is 531 g/mol. The maximum atomic E-state index is 14.2. The molecule has 0 aromatic heterocycles. The highest BCUT2D eigenvalue weighted by Gasteiger charge is 2.33. The minimum absolute atomic E-state index is 0.0673. The van der Waals surface area contributed by atoms with E-state index in [2.05, 4.69) is 26.0 Å².